The van der Waals surface area contributed by atoms with Gasteiger partial charge in [0.1, 0.15) is 5.75 Å². The normalized spacial score (nSPS) is 20.8. The van der Waals surface area contributed by atoms with E-state index in [1.165, 1.54) is 19.2 Å². The van der Waals surface area contributed by atoms with Gasteiger partial charge in [-0.2, -0.15) is 8.78 Å². The van der Waals surface area contributed by atoms with Crippen LogP contribution in [-0.4, -0.2) is 19.7 Å². The molecule has 2 nitrogen and oxygen atoms in total. The molecule has 1 heterocycles. The number of hydrogen-bond acceptors (Lipinski definition) is 2. The molecule has 0 spiro atoms. The minimum atomic E-state index is -2.85. The Balaban J connectivity index is 2.25. The molecule has 1 atom stereocenters. The number of alkyl halides is 2. The van der Waals surface area contributed by atoms with Crippen LogP contribution in [0, 0.1) is 0 Å². The van der Waals surface area contributed by atoms with Crippen LogP contribution in [0.1, 0.15) is 24.8 Å². The first-order valence-electron chi connectivity index (χ1n) is 6.01. The molecule has 1 aromatic rings. The molecular weight excluding hydrogens is 304 g/mol. The van der Waals surface area contributed by atoms with Crippen LogP contribution >= 0.6 is 15.9 Å². The Morgan fingerprint density at radius 2 is 2.17 bits per heavy atom. The molecule has 0 radical (unpaired) electrons. The maximum Gasteiger partial charge on any atom is 0.288 e. The van der Waals surface area contributed by atoms with Crippen LogP contribution in [-0.2, 0) is 5.92 Å². The van der Waals surface area contributed by atoms with E-state index in [0.29, 0.717) is 23.2 Å². The van der Waals surface area contributed by atoms with Gasteiger partial charge < -0.3 is 10.1 Å². The molecule has 1 N–H and O–H groups in total. The first kappa shape index (κ1) is 13.7. The number of rotatable bonds is 3. The highest BCUT2D eigenvalue weighted by Gasteiger charge is 2.41. The summed E-state index contributed by atoms with van der Waals surface area (Å²) in [4.78, 5) is 0. The molecule has 1 fully saturated rings. The van der Waals surface area contributed by atoms with E-state index in [1.54, 1.807) is 6.07 Å². The molecule has 1 aromatic carbocycles. The highest BCUT2D eigenvalue weighted by Crippen LogP contribution is 2.38. The van der Waals surface area contributed by atoms with Gasteiger partial charge in [0, 0.05) is 5.56 Å². The minimum absolute atomic E-state index is 0.0228. The van der Waals surface area contributed by atoms with Crippen LogP contribution in [0.2, 0.25) is 0 Å². The molecule has 0 aromatic heterocycles. The van der Waals surface area contributed by atoms with Crippen molar-refractivity contribution in [3.63, 3.8) is 0 Å². The van der Waals surface area contributed by atoms with Gasteiger partial charge in [0.05, 0.1) is 17.6 Å². The molecule has 0 aliphatic carbocycles. The van der Waals surface area contributed by atoms with Gasteiger partial charge in [0.15, 0.2) is 0 Å². The summed E-state index contributed by atoms with van der Waals surface area (Å²) < 4.78 is 34.3. The third-order valence-corrected chi connectivity index (χ3v) is 3.90. The van der Waals surface area contributed by atoms with Crippen molar-refractivity contribution >= 4 is 15.9 Å². The van der Waals surface area contributed by atoms with Crippen LogP contribution in [0.25, 0.3) is 0 Å². The molecule has 1 unspecified atom stereocenters. The van der Waals surface area contributed by atoms with Crippen LogP contribution in [0.4, 0.5) is 8.78 Å². The van der Waals surface area contributed by atoms with E-state index in [4.69, 9.17) is 4.74 Å². The van der Waals surface area contributed by atoms with E-state index in [2.05, 4.69) is 21.2 Å². The van der Waals surface area contributed by atoms with Crippen LogP contribution in [0.3, 0.4) is 0 Å². The van der Waals surface area contributed by atoms with Crippen molar-refractivity contribution in [2.75, 3.05) is 13.7 Å². The van der Waals surface area contributed by atoms with Crippen LogP contribution in [0.5, 0.6) is 5.75 Å². The van der Waals surface area contributed by atoms with E-state index in [9.17, 15) is 8.78 Å². The topological polar surface area (TPSA) is 21.3 Å². The molecule has 0 amide bonds. The van der Waals surface area contributed by atoms with Gasteiger partial charge in [-0.15, -0.1) is 0 Å². The molecule has 1 aliphatic rings. The van der Waals surface area contributed by atoms with Gasteiger partial charge in [-0.3, -0.25) is 0 Å². The van der Waals surface area contributed by atoms with Crippen LogP contribution < -0.4 is 10.1 Å². The zero-order valence-corrected chi connectivity index (χ0v) is 11.8. The van der Waals surface area contributed by atoms with Crippen molar-refractivity contribution in [2.45, 2.75) is 31.2 Å². The predicted octanol–water partition coefficient (Wildman–Crippen LogP) is 3.69. The number of halogens is 3. The van der Waals surface area contributed by atoms with E-state index in [1.807, 2.05) is 0 Å². The number of benzene rings is 1. The number of ether oxygens (including phenoxy) is 1. The van der Waals surface area contributed by atoms with Crippen molar-refractivity contribution in [3.8, 4) is 5.75 Å². The van der Waals surface area contributed by atoms with Gasteiger partial charge in [0.2, 0.25) is 0 Å². The Kier molecular flexibility index (Phi) is 4.22. The monoisotopic (exact) mass is 319 g/mol. The van der Waals surface area contributed by atoms with Crippen molar-refractivity contribution in [1.82, 2.24) is 5.32 Å². The van der Waals surface area contributed by atoms with E-state index in [-0.39, 0.29) is 5.56 Å². The standard InChI is InChI=1S/C13H16BrF2NO/c1-18-11-6-5-9(8-10(11)14)13(15,16)12-4-2-3-7-17-12/h5-6,8,12,17H,2-4,7H2,1H3. The molecule has 100 valence electrons. The average Bonchev–Trinajstić information content (AvgIpc) is 2.39. The van der Waals surface area contributed by atoms with Gasteiger partial charge in [0.25, 0.3) is 5.92 Å². The largest absolute Gasteiger partial charge is 0.496 e. The summed E-state index contributed by atoms with van der Waals surface area (Å²) in [5, 5.41) is 2.91. The molecular formula is C13H16BrF2NO. The van der Waals surface area contributed by atoms with Crippen molar-refractivity contribution < 1.29 is 13.5 Å². The molecule has 2 rings (SSSR count). The highest BCUT2D eigenvalue weighted by molar-refractivity contribution is 9.10. The fourth-order valence-electron chi connectivity index (χ4n) is 2.24. The molecule has 0 bridgehead atoms. The lowest BCUT2D eigenvalue weighted by molar-refractivity contribution is -0.0513. The molecule has 1 aliphatic heterocycles. The predicted molar refractivity (Wildman–Crippen MR) is 70.2 cm³/mol. The lowest BCUT2D eigenvalue weighted by Crippen LogP contribution is -2.45. The number of piperidine rings is 1. The Hall–Kier alpha value is -0.680. The SMILES string of the molecule is COc1ccc(C(F)(F)C2CCCCN2)cc1Br. The summed E-state index contributed by atoms with van der Waals surface area (Å²) in [7, 11) is 1.51. The van der Waals surface area contributed by atoms with Crippen molar-refractivity contribution in [3.05, 3.63) is 28.2 Å². The first-order chi connectivity index (χ1) is 8.55. The maximum atomic E-state index is 14.3. The summed E-state index contributed by atoms with van der Waals surface area (Å²) >= 11 is 3.25. The lowest BCUT2D eigenvalue weighted by atomic mass is 9.94. The second kappa shape index (κ2) is 5.53. The Morgan fingerprint density at radius 1 is 1.39 bits per heavy atom. The Morgan fingerprint density at radius 3 is 2.72 bits per heavy atom. The maximum absolute atomic E-state index is 14.3. The summed E-state index contributed by atoms with van der Waals surface area (Å²) in [6, 6.07) is 3.66. The van der Waals surface area contributed by atoms with Crippen LogP contribution in [0.15, 0.2) is 22.7 Å². The third kappa shape index (κ3) is 2.67. The van der Waals surface area contributed by atoms with E-state index < -0.39 is 12.0 Å². The summed E-state index contributed by atoms with van der Waals surface area (Å²) in [6.07, 6.45) is 2.33. The lowest BCUT2D eigenvalue weighted by Gasteiger charge is -2.31. The van der Waals surface area contributed by atoms with Gasteiger partial charge in [-0.1, -0.05) is 6.42 Å². The molecule has 0 saturated carbocycles. The molecule has 5 heteroatoms. The third-order valence-electron chi connectivity index (χ3n) is 3.28. The second-order valence-corrected chi connectivity index (χ2v) is 5.33. The van der Waals surface area contributed by atoms with Gasteiger partial charge in [-0.05, 0) is 53.5 Å². The zero-order chi connectivity index (χ0) is 13.2. The van der Waals surface area contributed by atoms with Crippen molar-refractivity contribution in [2.24, 2.45) is 0 Å². The van der Waals surface area contributed by atoms with Gasteiger partial charge in [-0.25, -0.2) is 0 Å². The minimum Gasteiger partial charge on any atom is -0.496 e. The number of nitrogens with one attached hydrogen (secondary N) is 1. The number of methoxy groups -OCH3 is 1. The first-order valence-corrected chi connectivity index (χ1v) is 6.80. The smallest absolute Gasteiger partial charge is 0.288 e. The summed E-state index contributed by atoms with van der Waals surface area (Å²) in [6.45, 7) is 0.664. The average molecular weight is 320 g/mol. The van der Waals surface area contributed by atoms with E-state index >= 15 is 0 Å². The summed E-state index contributed by atoms with van der Waals surface area (Å²) in [5.74, 6) is -2.29. The number of hydrogen-bond donors (Lipinski definition) is 1. The highest BCUT2D eigenvalue weighted by atomic mass is 79.9. The van der Waals surface area contributed by atoms with Crippen molar-refractivity contribution in [1.29, 1.82) is 0 Å². The second-order valence-electron chi connectivity index (χ2n) is 4.47. The fraction of sp³-hybridized carbons (Fsp3) is 0.538. The fourth-order valence-corrected chi connectivity index (χ4v) is 2.78. The van der Waals surface area contributed by atoms with E-state index in [0.717, 1.165) is 12.8 Å². The molecule has 18 heavy (non-hydrogen) atoms. The molecule has 1 saturated heterocycles. The Bertz CT molecular complexity index is 419. The quantitative estimate of drug-likeness (QED) is 0.917. The zero-order valence-electron chi connectivity index (χ0n) is 10.2. The Labute approximate surface area is 114 Å². The summed E-state index contributed by atoms with van der Waals surface area (Å²) in [5.41, 5.74) is 0.0228. The van der Waals surface area contributed by atoms with Gasteiger partial charge >= 0.3 is 0 Å².